The summed E-state index contributed by atoms with van der Waals surface area (Å²) in [6.07, 6.45) is 9.04. The topological polar surface area (TPSA) is 90.4 Å². The molecule has 10 heteroatoms. The predicted molar refractivity (Wildman–Crippen MR) is 109 cm³/mol. The van der Waals surface area contributed by atoms with Crippen LogP contribution in [0.2, 0.25) is 0 Å². The lowest BCUT2D eigenvalue weighted by atomic mass is 10.0. The number of ether oxygens (including phenoxy) is 2. The van der Waals surface area contributed by atoms with Crippen LogP contribution in [-0.4, -0.2) is 43.2 Å². The van der Waals surface area contributed by atoms with Gasteiger partial charge in [0, 0.05) is 10.7 Å². The van der Waals surface area contributed by atoms with Crippen LogP contribution in [0.4, 0.5) is 0 Å². The van der Waals surface area contributed by atoms with Crippen molar-refractivity contribution in [3.8, 4) is 11.8 Å². The minimum Gasteiger partial charge on any atom is -0.481 e. The number of halogens is 2. The third-order valence-electron chi connectivity index (χ3n) is 4.24. The number of allylic oxidation sites excluding steroid dienone is 7. The van der Waals surface area contributed by atoms with E-state index in [-0.39, 0.29) is 0 Å². The SMILES string of the molecule is COc1cc(OC)nc(C2=CC=C(NS(=O)(=O)C3C=CC(Cl)=CC3Cl)CC2)n1. The number of sulfonamides is 1. The minimum atomic E-state index is -3.70. The van der Waals surface area contributed by atoms with Crippen molar-refractivity contribution in [3.05, 3.63) is 53.0 Å². The summed E-state index contributed by atoms with van der Waals surface area (Å²) in [5, 5.41) is -1.21. The Labute approximate surface area is 173 Å². The van der Waals surface area contributed by atoms with Crippen LogP contribution < -0.4 is 14.2 Å². The van der Waals surface area contributed by atoms with Gasteiger partial charge in [0.15, 0.2) is 5.82 Å². The first-order valence-electron chi connectivity index (χ1n) is 8.41. The maximum Gasteiger partial charge on any atom is 0.240 e. The van der Waals surface area contributed by atoms with Gasteiger partial charge in [0.05, 0.1) is 25.7 Å². The fourth-order valence-corrected chi connectivity index (χ4v) is 5.06. The highest BCUT2D eigenvalue weighted by molar-refractivity contribution is 7.90. The van der Waals surface area contributed by atoms with Crippen molar-refractivity contribution >= 4 is 38.8 Å². The molecule has 0 saturated heterocycles. The molecule has 150 valence electrons. The van der Waals surface area contributed by atoms with E-state index in [0.29, 0.717) is 41.2 Å². The van der Waals surface area contributed by atoms with Crippen LogP contribution in [0, 0.1) is 0 Å². The van der Waals surface area contributed by atoms with E-state index in [1.54, 1.807) is 18.2 Å². The Morgan fingerprint density at radius 1 is 1.14 bits per heavy atom. The summed E-state index contributed by atoms with van der Waals surface area (Å²) in [7, 11) is -0.672. The number of nitrogens with one attached hydrogen (secondary N) is 1. The summed E-state index contributed by atoms with van der Waals surface area (Å²) in [4.78, 5) is 8.64. The summed E-state index contributed by atoms with van der Waals surface area (Å²) >= 11 is 12.0. The van der Waals surface area contributed by atoms with Gasteiger partial charge in [-0.25, -0.2) is 8.42 Å². The molecule has 28 heavy (non-hydrogen) atoms. The second-order valence-electron chi connectivity index (χ2n) is 6.13. The van der Waals surface area contributed by atoms with Crippen molar-refractivity contribution in [1.29, 1.82) is 0 Å². The zero-order chi connectivity index (χ0) is 20.3. The molecule has 0 spiro atoms. The molecule has 1 heterocycles. The molecule has 3 rings (SSSR count). The van der Waals surface area contributed by atoms with Crippen molar-refractivity contribution in [3.63, 3.8) is 0 Å². The van der Waals surface area contributed by atoms with E-state index < -0.39 is 20.7 Å². The maximum atomic E-state index is 12.7. The van der Waals surface area contributed by atoms with Gasteiger partial charge in [-0.3, -0.25) is 4.72 Å². The zero-order valence-corrected chi connectivity index (χ0v) is 17.6. The standard InChI is InChI=1S/C18H19Cl2N3O4S/c1-26-16-10-17(27-2)22-18(21-16)11-3-6-13(7-4-11)23-28(24,25)15-8-5-12(19)9-14(15)20/h3,5-6,8-10,14-15,23H,4,7H2,1-2H3. The molecule has 2 aliphatic rings. The van der Waals surface area contributed by atoms with Gasteiger partial charge in [-0.2, -0.15) is 9.97 Å². The first kappa shape index (κ1) is 20.7. The Morgan fingerprint density at radius 2 is 1.82 bits per heavy atom. The van der Waals surface area contributed by atoms with Gasteiger partial charge in [0.25, 0.3) is 0 Å². The maximum absolute atomic E-state index is 12.7. The Kier molecular flexibility index (Phi) is 6.32. The van der Waals surface area contributed by atoms with Gasteiger partial charge in [0.1, 0.15) is 5.25 Å². The number of rotatable bonds is 6. The van der Waals surface area contributed by atoms with Gasteiger partial charge < -0.3 is 9.47 Å². The van der Waals surface area contributed by atoms with E-state index in [2.05, 4.69) is 14.7 Å². The van der Waals surface area contributed by atoms with Crippen LogP contribution in [-0.2, 0) is 10.0 Å². The molecule has 0 bridgehead atoms. The average Bonchev–Trinajstić information content (AvgIpc) is 2.67. The molecular weight excluding hydrogens is 425 g/mol. The number of hydrogen-bond donors (Lipinski definition) is 1. The normalized spacial score (nSPS) is 22.1. The van der Waals surface area contributed by atoms with Crippen LogP contribution in [0.25, 0.3) is 5.57 Å². The summed E-state index contributed by atoms with van der Waals surface area (Å²) in [5.74, 6) is 1.26. The Balaban J connectivity index is 1.78. The number of hydrogen-bond acceptors (Lipinski definition) is 6. The third-order valence-corrected chi connectivity index (χ3v) is 6.76. The number of methoxy groups -OCH3 is 2. The van der Waals surface area contributed by atoms with Crippen molar-refractivity contribution in [1.82, 2.24) is 14.7 Å². The molecule has 0 aromatic carbocycles. The molecule has 0 amide bonds. The lowest BCUT2D eigenvalue weighted by Gasteiger charge is -2.23. The Hall–Kier alpha value is -2.03. The number of alkyl halides is 1. The number of aromatic nitrogens is 2. The highest BCUT2D eigenvalue weighted by Crippen LogP contribution is 2.28. The zero-order valence-electron chi connectivity index (χ0n) is 15.2. The van der Waals surface area contributed by atoms with Gasteiger partial charge in [-0.15, -0.1) is 11.6 Å². The fraction of sp³-hybridized carbons (Fsp3) is 0.333. The molecule has 2 aliphatic carbocycles. The molecule has 0 radical (unpaired) electrons. The molecule has 2 atom stereocenters. The van der Waals surface area contributed by atoms with E-state index >= 15 is 0 Å². The number of nitrogens with zero attached hydrogens (tertiary/aromatic N) is 2. The molecule has 1 N–H and O–H groups in total. The first-order chi connectivity index (χ1) is 13.3. The van der Waals surface area contributed by atoms with Crippen molar-refractivity contribution in [2.75, 3.05) is 14.2 Å². The highest BCUT2D eigenvalue weighted by Gasteiger charge is 2.32. The molecule has 0 aliphatic heterocycles. The average molecular weight is 444 g/mol. The van der Waals surface area contributed by atoms with Crippen molar-refractivity contribution in [2.24, 2.45) is 0 Å². The second kappa shape index (κ2) is 8.55. The molecule has 1 aromatic rings. The lowest BCUT2D eigenvalue weighted by Crippen LogP contribution is -2.38. The summed E-state index contributed by atoms with van der Waals surface area (Å²) in [6.45, 7) is 0. The van der Waals surface area contributed by atoms with E-state index in [1.165, 1.54) is 32.4 Å². The van der Waals surface area contributed by atoms with E-state index in [9.17, 15) is 8.42 Å². The highest BCUT2D eigenvalue weighted by atomic mass is 35.5. The van der Waals surface area contributed by atoms with Gasteiger partial charge in [-0.1, -0.05) is 23.8 Å². The lowest BCUT2D eigenvalue weighted by molar-refractivity contribution is 0.370. The first-order valence-corrected chi connectivity index (χ1v) is 10.8. The second-order valence-corrected chi connectivity index (χ2v) is 8.91. The van der Waals surface area contributed by atoms with Crippen molar-refractivity contribution < 1.29 is 17.9 Å². The van der Waals surface area contributed by atoms with Gasteiger partial charge in [-0.05, 0) is 36.6 Å². The monoisotopic (exact) mass is 443 g/mol. The van der Waals surface area contributed by atoms with E-state index in [1.807, 2.05) is 0 Å². The van der Waals surface area contributed by atoms with Crippen LogP contribution in [0.3, 0.4) is 0 Å². The van der Waals surface area contributed by atoms with Crippen molar-refractivity contribution in [2.45, 2.75) is 23.5 Å². The predicted octanol–water partition coefficient (Wildman–Crippen LogP) is 3.14. The largest absolute Gasteiger partial charge is 0.481 e. The molecule has 2 unspecified atom stereocenters. The quantitative estimate of drug-likeness (QED) is 0.678. The molecule has 0 saturated carbocycles. The van der Waals surface area contributed by atoms with Gasteiger partial charge in [0.2, 0.25) is 21.8 Å². The smallest absolute Gasteiger partial charge is 0.240 e. The Morgan fingerprint density at radius 3 is 2.36 bits per heavy atom. The van der Waals surface area contributed by atoms with E-state index in [0.717, 1.165) is 5.57 Å². The molecule has 7 nitrogen and oxygen atoms in total. The molecular formula is C18H19Cl2N3O4S. The van der Waals surface area contributed by atoms with Crippen LogP contribution in [0.1, 0.15) is 18.7 Å². The third kappa shape index (κ3) is 4.68. The summed E-state index contributed by atoms with van der Waals surface area (Å²) in [6, 6.07) is 1.59. The molecule has 1 aromatic heterocycles. The fourth-order valence-electron chi connectivity index (χ4n) is 2.79. The Bertz CT molecular complexity index is 964. The van der Waals surface area contributed by atoms with Crippen LogP contribution >= 0.6 is 23.2 Å². The minimum absolute atomic E-state index is 0.391. The van der Waals surface area contributed by atoms with E-state index in [4.69, 9.17) is 32.7 Å². The molecule has 0 fully saturated rings. The van der Waals surface area contributed by atoms with Gasteiger partial charge >= 0.3 is 0 Å². The summed E-state index contributed by atoms with van der Waals surface area (Å²) < 4.78 is 38.2. The van der Waals surface area contributed by atoms with Crippen LogP contribution in [0.15, 0.2) is 47.2 Å². The van der Waals surface area contributed by atoms with Crippen LogP contribution in [0.5, 0.6) is 11.8 Å². The summed E-state index contributed by atoms with van der Waals surface area (Å²) in [5.41, 5.74) is 1.42.